The molecule has 0 aliphatic rings. The first kappa shape index (κ1) is 32.7. The number of nitrogens with zero attached hydrogens (tertiary/aromatic N) is 4. The first-order chi connectivity index (χ1) is 28.1. The van der Waals surface area contributed by atoms with E-state index in [-0.39, 0.29) is 0 Å². The Morgan fingerprint density at radius 1 is 0.368 bits per heavy atom. The van der Waals surface area contributed by atoms with Crippen molar-refractivity contribution in [1.29, 1.82) is 0 Å². The summed E-state index contributed by atoms with van der Waals surface area (Å²) in [6.45, 7) is 2.10. The zero-order valence-corrected chi connectivity index (χ0v) is 30.8. The summed E-state index contributed by atoms with van der Waals surface area (Å²) in [5.41, 5.74) is 13.2. The highest BCUT2D eigenvalue weighted by molar-refractivity contribution is 6.11. The molecule has 0 unspecified atom stereocenters. The largest absolute Gasteiger partial charge is 0.455 e. The van der Waals surface area contributed by atoms with Gasteiger partial charge in [-0.15, -0.1) is 0 Å². The topological polar surface area (TPSA) is 77.8 Å². The molecule has 7 aromatic carbocycles. The van der Waals surface area contributed by atoms with Crippen LogP contribution in [0.4, 0.5) is 0 Å². The Morgan fingerprint density at radius 2 is 0.842 bits per heavy atom. The lowest BCUT2D eigenvalue weighted by Crippen LogP contribution is -2.00. The molecule has 6 nitrogen and oxygen atoms in total. The summed E-state index contributed by atoms with van der Waals surface area (Å²) < 4.78 is 13.2. The maximum atomic E-state index is 6.58. The van der Waals surface area contributed by atoms with E-state index in [4.69, 9.17) is 23.8 Å². The van der Waals surface area contributed by atoms with Crippen LogP contribution >= 0.6 is 0 Å². The zero-order chi connectivity index (χ0) is 37.9. The molecule has 6 heteroatoms. The second-order valence-electron chi connectivity index (χ2n) is 14.3. The first-order valence-electron chi connectivity index (χ1n) is 18.9. The van der Waals surface area contributed by atoms with Crippen molar-refractivity contribution in [1.82, 2.24) is 19.9 Å². The fraction of sp³-hybridized carbons (Fsp3) is 0.0196. The number of hydrogen-bond acceptors (Lipinski definition) is 6. The Labute approximate surface area is 327 Å². The van der Waals surface area contributed by atoms with Crippen molar-refractivity contribution in [3.05, 3.63) is 182 Å². The van der Waals surface area contributed by atoms with Gasteiger partial charge in [-0.2, -0.15) is 0 Å². The van der Waals surface area contributed by atoms with Crippen molar-refractivity contribution in [2.45, 2.75) is 6.92 Å². The maximum absolute atomic E-state index is 6.58. The highest BCUT2D eigenvalue weighted by Gasteiger charge is 2.19. The second-order valence-corrected chi connectivity index (χ2v) is 14.3. The minimum absolute atomic E-state index is 0.558. The molecule has 0 saturated heterocycles. The number of hydrogen-bond donors (Lipinski definition) is 0. The van der Waals surface area contributed by atoms with Crippen LogP contribution in [0.1, 0.15) is 5.56 Å². The lowest BCUT2D eigenvalue weighted by molar-refractivity contribution is 0.670. The molecule has 0 amide bonds. The van der Waals surface area contributed by atoms with E-state index in [2.05, 4.69) is 103 Å². The van der Waals surface area contributed by atoms with E-state index in [0.717, 1.165) is 93.9 Å². The van der Waals surface area contributed by atoms with Gasteiger partial charge in [0, 0.05) is 67.3 Å². The molecule has 4 heterocycles. The van der Waals surface area contributed by atoms with Crippen molar-refractivity contribution in [2.24, 2.45) is 0 Å². The van der Waals surface area contributed by atoms with Gasteiger partial charge in [-0.3, -0.25) is 4.98 Å². The SMILES string of the molecule is Cc1ccncc1-c1ccc(-c2nc(-c3ccccc3)nc(-c3cc(-c4cccc5c4oc4ccccc45)cc(-c4cccc5c4oc4ccccc45)c3)n2)cc1. The van der Waals surface area contributed by atoms with E-state index in [1.807, 2.05) is 85.2 Å². The molecule has 0 saturated carbocycles. The molecule has 57 heavy (non-hydrogen) atoms. The van der Waals surface area contributed by atoms with Crippen LogP contribution in [0.2, 0.25) is 0 Å². The Balaban J connectivity index is 1.15. The standard InChI is InChI=1S/C51H32N4O2/c1-31-25-26-52-30-44(31)32-21-23-34(24-22-32)50-53-49(33-11-3-2-4-12-33)54-51(55-50)37-28-35(38-15-9-17-42-40-13-5-7-19-45(40)56-47(38)42)27-36(29-37)39-16-10-18-43-41-14-6-8-20-46(41)57-48(39)43/h2-30H,1H3. The van der Waals surface area contributed by atoms with Crippen LogP contribution in [0.3, 0.4) is 0 Å². The van der Waals surface area contributed by atoms with Gasteiger partial charge >= 0.3 is 0 Å². The molecule has 0 aliphatic carbocycles. The third-order valence-corrected chi connectivity index (χ3v) is 10.8. The zero-order valence-electron chi connectivity index (χ0n) is 30.8. The normalized spacial score (nSPS) is 11.6. The minimum Gasteiger partial charge on any atom is -0.455 e. The third kappa shape index (κ3) is 5.66. The molecule has 0 bridgehead atoms. The molecule has 0 atom stereocenters. The lowest BCUT2D eigenvalue weighted by Gasteiger charge is -2.13. The highest BCUT2D eigenvalue weighted by Crippen LogP contribution is 2.42. The van der Waals surface area contributed by atoms with Crippen molar-refractivity contribution in [3.63, 3.8) is 0 Å². The summed E-state index contributed by atoms with van der Waals surface area (Å²) in [6, 6.07) is 56.0. The summed E-state index contributed by atoms with van der Waals surface area (Å²) in [4.78, 5) is 19.8. The number of rotatable bonds is 6. The number of pyridine rings is 1. The van der Waals surface area contributed by atoms with Crippen LogP contribution in [0.25, 0.3) is 111 Å². The number of fused-ring (bicyclic) bond motifs is 6. The Hall–Kier alpha value is -7.70. The Morgan fingerprint density at radius 3 is 1.42 bits per heavy atom. The van der Waals surface area contributed by atoms with Gasteiger partial charge in [0.25, 0.3) is 0 Å². The van der Waals surface area contributed by atoms with Crippen molar-refractivity contribution in [2.75, 3.05) is 0 Å². The quantitative estimate of drug-likeness (QED) is 0.169. The van der Waals surface area contributed by atoms with Gasteiger partial charge in [0.2, 0.25) is 0 Å². The monoisotopic (exact) mass is 732 g/mol. The van der Waals surface area contributed by atoms with Crippen LogP contribution in [0.15, 0.2) is 185 Å². The van der Waals surface area contributed by atoms with Gasteiger partial charge < -0.3 is 8.83 Å². The molecule has 0 fully saturated rings. The molecule has 4 aromatic heterocycles. The number of furan rings is 2. The summed E-state index contributed by atoms with van der Waals surface area (Å²) in [5.74, 6) is 1.73. The average Bonchev–Trinajstić information content (AvgIpc) is 3.85. The van der Waals surface area contributed by atoms with Crippen LogP contribution in [-0.2, 0) is 0 Å². The third-order valence-electron chi connectivity index (χ3n) is 10.8. The van der Waals surface area contributed by atoms with Gasteiger partial charge in [0.15, 0.2) is 17.5 Å². The molecular weight excluding hydrogens is 701 g/mol. The highest BCUT2D eigenvalue weighted by atomic mass is 16.3. The summed E-state index contributed by atoms with van der Waals surface area (Å²) in [6.07, 6.45) is 3.72. The van der Waals surface area contributed by atoms with Crippen LogP contribution in [0, 0.1) is 6.92 Å². The molecule has 268 valence electrons. The summed E-state index contributed by atoms with van der Waals surface area (Å²) in [5, 5.41) is 4.29. The number of aryl methyl sites for hydroxylation is 1. The van der Waals surface area contributed by atoms with E-state index in [0.29, 0.717) is 17.5 Å². The maximum Gasteiger partial charge on any atom is 0.164 e. The molecule has 11 rings (SSSR count). The summed E-state index contributed by atoms with van der Waals surface area (Å²) in [7, 11) is 0. The van der Waals surface area contributed by atoms with Gasteiger partial charge in [0.1, 0.15) is 22.3 Å². The number of para-hydroxylation sites is 4. The predicted molar refractivity (Wildman–Crippen MR) is 230 cm³/mol. The van der Waals surface area contributed by atoms with E-state index in [1.54, 1.807) is 0 Å². The van der Waals surface area contributed by atoms with Gasteiger partial charge in [-0.25, -0.2) is 15.0 Å². The smallest absolute Gasteiger partial charge is 0.164 e. The number of aromatic nitrogens is 4. The van der Waals surface area contributed by atoms with Crippen molar-refractivity contribution in [3.8, 4) is 67.5 Å². The van der Waals surface area contributed by atoms with Gasteiger partial charge in [-0.1, -0.05) is 127 Å². The molecule has 11 aromatic rings. The minimum atomic E-state index is 0.558. The molecular formula is C51H32N4O2. The Kier molecular flexibility index (Phi) is 7.60. The van der Waals surface area contributed by atoms with E-state index in [9.17, 15) is 0 Å². The second kappa shape index (κ2) is 13.3. The van der Waals surface area contributed by atoms with E-state index in [1.165, 1.54) is 5.56 Å². The fourth-order valence-corrected chi connectivity index (χ4v) is 7.93. The molecule has 0 aliphatic heterocycles. The predicted octanol–water partition coefficient (Wildman–Crippen LogP) is 13.4. The molecule has 0 radical (unpaired) electrons. The number of benzene rings is 7. The molecule has 0 spiro atoms. The molecule has 0 N–H and O–H groups in total. The van der Waals surface area contributed by atoms with Crippen LogP contribution in [0.5, 0.6) is 0 Å². The van der Waals surface area contributed by atoms with Crippen molar-refractivity contribution < 1.29 is 8.83 Å². The fourth-order valence-electron chi connectivity index (χ4n) is 7.93. The summed E-state index contributed by atoms with van der Waals surface area (Å²) >= 11 is 0. The van der Waals surface area contributed by atoms with Crippen molar-refractivity contribution >= 4 is 43.9 Å². The first-order valence-corrected chi connectivity index (χ1v) is 18.9. The van der Waals surface area contributed by atoms with Gasteiger partial charge in [-0.05, 0) is 65.6 Å². The average molecular weight is 733 g/mol. The van der Waals surface area contributed by atoms with E-state index >= 15 is 0 Å². The van der Waals surface area contributed by atoms with Crippen LogP contribution < -0.4 is 0 Å². The van der Waals surface area contributed by atoms with Crippen LogP contribution in [-0.4, -0.2) is 19.9 Å². The van der Waals surface area contributed by atoms with Gasteiger partial charge in [0.05, 0.1) is 0 Å². The van der Waals surface area contributed by atoms with E-state index < -0.39 is 0 Å². The Bertz CT molecular complexity index is 3180. The lowest BCUT2D eigenvalue weighted by atomic mass is 9.94.